The summed E-state index contributed by atoms with van der Waals surface area (Å²) in [5, 5.41) is 7.05. The molecule has 2 aromatic rings. The average Bonchev–Trinajstić information content (AvgIpc) is 3.15. The summed E-state index contributed by atoms with van der Waals surface area (Å²) in [7, 11) is 2.49. The van der Waals surface area contributed by atoms with E-state index in [0.29, 0.717) is 11.5 Å². The number of aromatic nitrogens is 2. The van der Waals surface area contributed by atoms with Gasteiger partial charge in [0.25, 0.3) is 0 Å². The maximum Gasteiger partial charge on any atom is 0.360 e. The van der Waals surface area contributed by atoms with Crippen molar-refractivity contribution in [3.8, 4) is 0 Å². The molecule has 0 aliphatic heterocycles. The van der Waals surface area contributed by atoms with Crippen molar-refractivity contribution >= 4 is 11.9 Å². The zero-order valence-corrected chi connectivity index (χ0v) is 11.3. The van der Waals surface area contributed by atoms with Gasteiger partial charge in [-0.15, -0.1) is 0 Å². The number of rotatable bonds is 6. The normalized spacial score (nSPS) is 10.4. The monoisotopic (exact) mass is 296 g/mol. The predicted octanol–water partition coefficient (Wildman–Crippen LogP) is 0.953. The lowest BCUT2D eigenvalue weighted by molar-refractivity contribution is 0.0580. The third-order valence-corrected chi connectivity index (χ3v) is 2.40. The zero-order valence-electron chi connectivity index (χ0n) is 11.3. The fourth-order valence-corrected chi connectivity index (χ4v) is 1.42. The summed E-state index contributed by atoms with van der Waals surface area (Å²) < 4.78 is 24.0. The number of esters is 2. The molecule has 9 heteroatoms. The first kappa shape index (κ1) is 14.7. The first-order valence-corrected chi connectivity index (χ1v) is 5.79. The number of ether oxygens (including phenoxy) is 3. The van der Waals surface area contributed by atoms with Crippen molar-refractivity contribution in [1.82, 2.24) is 10.3 Å². The second-order valence-electron chi connectivity index (χ2n) is 3.83. The van der Waals surface area contributed by atoms with Crippen LogP contribution in [0.4, 0.5) is 0 Å². The number of hydrogen-bond acceptors (Lipinski definition) is 9. The van der Waals surface area contributed by atoms with Gasteiger partial charge in [-0.25, -0.2) is 9.59 Å². The van der Waals surface area contributed by atoms with Gasteiger partial charge in [0.1, 0.15) is 13.2 Å². The number of hydrogen-bond donors (Lipinski definition) is 0. The average molecular weight is 296 g/mol. The van der Waals surface area contributed by atoms with Crippen molar-refractivity contribution in [2.75, 3.05) is 14.2 Å². The minimum Gasteiger partial charge on any atom is -0.464 e. The lowest BCUT2D eigenvalue weighted by Crippen LogP contribution is -2.00. The highest BCUT2D eigenvalue weighted by Gasteiger charge is 2.14. The summed E-state index contributed by atoms with van der Waals surface area (Å²) in [6.45, 7) is 0.135. The molecule has 0 aromatic carbocycles. The third kappa shape index (κ3) is 3.66. The van der Waals surface area contributed by atoms with Gasteiger partial charge in [0.15, 0.2) is 22.9 Å². The largest absolute Gasteiger partial charge is 0.464 e. The summed E-state index contributed by atoms with van der Waals surface area (Å²) in [5.74, 6) is -0.489. The van der Waals surface area contributed by atoms with E-state index < -0.39 is 11.9 Å². The third-order valence-electron chi connectivity index (χ3n) is 2.40. The SMILES string of the molecule is COC(=O)c1cc(COCc2cc(C(=O)OC)no2)on1. The fraction of sp³-hybridized carbons (Fsp3) is 0.333. The first-order chi connectivity index (χ1) is 10.1. The molecule has 0 N–H and O–H groups in total. The molecule has 9 nitrogen and oxygen atoms in total. The van der Waals surface area contributed by atoms with E-state index in [1.807, 2.05) is 0 Å². The van der Waals surface area contributed by atoms with Gasteiger partial charge in [-0.05, 0) is 0 Å². The Balaban J connectivity index is 1.84. The van der Waals surface area contributed by atoms with Gasteiger partial charge in [-0.2, -0.15) is 0 Å². The molecular weight excluding hydrogens is 284 g/mol. The summed E-state index contributed by atoms with van der Waals surface area (Å²) >= 11 is 0. The van der Waals surface area contributed by atoms with Gasteiger partial charge < -0.3 is 23.3 Å². The molecule has 0 unspecified atom stereocenters. The van der Waals surface area contributed by atoms with E-state index >= 15 is 0 Å². The van der Waals surface area contributed by atoms with E-state index in [4.69, 9.17) is 13.8 Å². The van der Waals surface area contributed by atoms with Crippen LogP contribution in [0, 0.1) is 0 Å². The highest BCUT2D eigenvalue weighted by atomic mass is 16.5. The fourth-order valence-electron chi connectivity index (χ4n) is 1.42. The van der Waals surface area contributed by atoms with E-state index in [0.717, 1.165) is 0 Å². The van der Waals surface area contributed by atoms with Crippen molar-refractivity contribution in [1.29, 1.82) is 0 Å². The van der Waals surface area contributed by atoms with Crippen LogP contribution >= 0.6 is 0 Å². The molecule has 0 spiro atoms. The summed E-state index contributed by atoms with van der Waals surface area (Å²) in [5.41, 5.74) is 0.118. The Morgan fingerprint density at radius 1 is 0.952 bits per heavy atom. The Kier molecular flexibility index (Phi) is 4.67. The standard InChI is InChI=1S/C12H12N2O7/c1-17-11(15)9-3-7(20-13-9)5-19-6-8-4-10(14-21-8)12(16)18-2/h3-4H,5-6H2,1-2H3. The molecule has 2 heterocycles. The van der Waals surface area contributed by atoms with Gasteiger partial charge >= 0.3 is 11.9 Å². The highest BCUT2D eigenvalue weighted by molar-refractivity contribution is 5.87. The Labute approximate surface area is 118 Å². The molecule has 0 fully saturated rings. The van der Waals surface area contributed by atoms with Gasteiger partial charge in [-0.3, -0.25) is 0 Å². The molecule has 2 aromatic heterocycles. The Hall–Kier alpha value is -2.68. The number of carbonyl (C=O) groups excluding carboxylic acids is 2. The molecule has 0 saturated heterocycles. The lowest BCUT2D eigenvalue weighted by atomic mass is 10.3. The molecule has 21 heavy (non-hydrogen) atoms. The topological polar surface area (TPSA) is 114 Å². The van der Waals surface area contributed by atoms with Crippen LogP contribution in [0.2, 0.25) is 0 Å². The highest BCUT2D eigenvalue weighted by Crippen LogP contribution is 2.10. The summed E-state index contributed by atoms with van der Waals surface area (Å²) in [6.07, 6.45) is 0. The maximum absolute atomic E-state index is 11.2. The predicted molar refractivity (Wildman–Crippen MR) is 64.2 cm³/mol. The van der Waals surface area contributed by atoms with Crippen molar-refractivity contribution in [3.63, 3.8) is 0 Å². The van der Waals surface area contributed by atoms with Gasteiger partial charge in [-0.1, -0.05) is 10.3 Å². The van der Waals surface area contributed by atoms with Gasteiger partial charge in [0.2, 0.25) is 0 Å². The van der Waals surface area contributed by atoms with Crippen LogP contribution < -0.4 is 0 Å². The summed E-state index contributed by atoms with van der Waals surface area (Å²) in [4.78, 5) is 22.3. The van der Waals surface area contributed by atoms with E-state index in [1.165, 1.54) is 26.4 Å². The molecule has 0 amide bonds. The Morgan fingerprint density at radius 2 is 1.38 bits per heavy atom. The zero-order chi connectivity index (χ0) is 15.2. The smallest absolute Gasteiger partial charge is 0.360 e. The minimum absolute atomic E-state index is 0.0590. The van der Waals surface area contributed by atoms with E-state index in [2.05, 4.69) is 19.8 Å². The van der Waals surface area contributed by atoms with E-state index in [9.17, 15) is 9.59 Å². The quantitative estimate of drug-likeness (QED) is 0.718. The molecular formula is C12H12N2O7. The van der Waals surface area contributed by atoms with Crippen LogP contribution in [0.5, 0.6) is 0 Å². The molecule has 0 radical (unpaired) electrons. The summed E-state index contributed by atoms with van der Waals surface area (Å²) in [6, 6.07) is 2.82. The molecule has 0 bridgehead atoms. The molecule has 2 rings (SSSR count). The lowest BCUT2D eigenvalue weighted by Gasteiger charge is -1.96. The minimum atomic E-state index is -0.594. The van der Waals surface area contributed by atoms with Crippen LogP contribution in [0.25, 0.3) is 0 Å². The van der Waals surface area contributed by atoms with Crippen molar-refractivity contribution in [2.45, 2.75) is 13.2 Å². The van der Waals surface area contributed by atoms with Crippen LogP contribution in [0.3, 0.4) is 0 Å². The number of carbonyl (C=O) groups is 2. The van der Waals surface area contributed by atoms with Crippen LogP contribution in [-0.4, -0.2) is 36.5 Å². The molecule has 0 saturated carbocycles. The molecule has 0 atom stereocenters. The van der Waals surface area contributed by atoms with Crippen molar-refractivity contribution in [2.24, 2.45) is 0 Å². The van der Waals surface area contributed by atoms with Crippen LogP contribution in [-0.2, 0) is 27.4 Å². The van der Waals surface area contributed by atoms with Gasteiger partial charge in [0.05, 0.1) is 14.2 Å². The van der Waals surface area contributed by atoms with Gasteiger partial charge in [0, 0.05) is 12.1 Å². The van der Waals surface area contributed by atoms with Crippen molar-refractivity contribution < 1.29 is 32.8 Å². The van der Waals surface area contributed by atoms with Crippen LogP contribution in [0.15, 0.2) is 21.2 Å². The molecule has 0 aliphatic rings. The van der Waals surface area contributed by atoms with Crippen LogP contribution in [0.1, 0.15) is 32.5 Å². The number of nitrogens with zero attached hydrogens (tertiary/aromatic N) is 2. The van der Waals surface area contributed by atoms with E-state index in [1.54, 1.807) is 0 Å². The Bertz CT molecular complexity index is 577. The van der Waals surface area contributed by atoms with E-state index in [-0.39, 0.29) is 24.6 Å². The first-order valence-electron chi connectivity index (χ1n) is 5.79. The van der Waals surface area contributed by atoms with Crippen molar-refractivity contribution in [3.05, 3.63) is 35.0 Å². The molecule has 112 valence electrons. The second kappa shape index (κ2) is 6.66. The second-order valence-corrected chi connectivity index (χ2v) is 3.83. The Morgan fingerprint density at radius 3 is 1.76 bits per heavy atom. The maximum atomic E-state index is 11.2. The molecule has 0 aliphatic carbocycles. The number of methoxy groups -OCH3 is 2.